The molecule has 0 bridgehead atoms. The van der Waals surface area contributed by atoms with E-state index in [-0.39, 0.29) is 5.95 Å². The minimum Gasteiger partial charge on any atom is -0.481 e. The van der Waals surface area contributed by atoms with Crippen LogP contribution in [-0.2, 0) is 13.6 Å². The van der Waals surface area contributed by atoms with Gasteiger partial charge in [-0.3, -0.25) is 4.68 Å². The second-order valence-electron chi connectivity index (χ2n) is 6.40. The molecule has 1 saturated carbocycles. The summed E-state index contributed by atoms with van der Waals surface area (Å²) in [5.41, 5.74) is 5.70. The Morgan fingerprint density at radius 2 is 2.15 bits per heavy atom. The molecular formula is C16H21N9O. The van der Waals surface area contributed by atoms with E-state index in [1.807, 2.05) is 24.0 Å². The van der Waals surface area contributed by atoms with Crippen molar-refractivity contribution >= 4 is 11.8 Å². The molecule has 0 spiro atoms. The van der Waals surface area contributed by atoms with E-state index in [1.54, 1.807) is 19.4 Å². The topological polar surface area (TPSA) is 122 Å². The summed E-state index contributed by atoms with van der Waals surface area (Å²) in [7, 11) is 3.56. The fraction of sp³-hybridized carbons (Fsp3) is 0.438. The van der Waals surface area contributed by atoms with Crippen LogP contribution >= 0.6 is 0 Å². The van der Waals surface area contributed by atoms with E-state index in [2.05, 4.69) is 35.1 Å². The number of ether oxygens (including phenoxy) is 1. The third-order valence-corrected chi connectivity index (χ3v) is 4.65. The lowest BCUT2D eigenvalue weighted by molar-refractivity contribution is 0.350. The van der Waals surface area contributed by atoms with Gasteiger partial charge in [0.1, 0.15) is 18.2 Å². The highest BCUT2D eigenvalue weighted by Gasteiger charge is 2.34. The average Bonchev–Trinajstić information content (AvgIpc) is 3.22. The number of methoxy groups -OCH3 is 1. The van der Waals surface area contributed by atoms with Crippen LogP contribution < -0.4 is 15.8 Å². The second kappa shape index (κ2) is 6.62. The van der Waals surface area contributed by atoms with Crippen LogP contribution in [0.15, 0.2) is 24.5 Å². The van der Waals surface area contributed by atoms with Gasteiger partial charge in [-0.1, -0.05) is 0 Å². The Balaban J connectivity index is 1.38. The summed E-state index contributed by atoms with van der Waals surface area (Å²) in [4.78, 5) is 8.18. The molecule has 136 valence electrons. The maximum absolute atomic E-state index is 5.70. The van der Waals surface area contributed by atoms with Gasteiger partial charge < -0.3 is 20.4 Å². The Morgan fingerprint density at radius 1 is 1.31 bits per heavy atom. The molecule has 0 aliphatic heterocycles. The quantitative estimate of drug-likeness (QED) is 0.666. The highest BCUT2D eigenvalue weighted by Crippen LogP contribution is 2.37. The van der Waals surface area contributed by atoms with Gasteiger partial charge in [0.05, 0.1) is 7.11 Å². The van der Waals surface area contributed by atoms with Gasteiger partial charge in [-0.15, -0.1) is 10.2 Å². The minimum atomic E-state index is 0.194. The largest absolute Gasteiger partial charge is 0.481 e. The van der Waals surface area contributed by atoms with Gasteiger partial charge >= 0.3 is 0 Å². The van der Waals surface area contributed by atoms with Crippen molar-refractivity contribution in [2.75, 3.05) is 18.2 Å². The predicted octanol–water partition coefficient (Wildman–Crippen LogP) is 0.799. The molecule has 0 saturated heterocycles. The van der Waals surface area contributed by atoms with Crippen LogP contribution in [0.25, 0.3) is 0 Å². The van der Waals surface area contributed by atoms with Crippen molar-refractivity contribution in [2.45, 2.75) is 31.3 Å². The molecule has 0 radical (unpaired) electrons. The maximum atomic E-state index is 5.70. The number of anilines is 2. The Morgan fingerprint density at radius 3 is 2.88 bits per heavy atom. The van der Waals surface area contributed by atoms with Crippen LogP contribution in [0.2, 0.25) is 0 Å². The summed E-state index contributed by atoms with van der Waals surface area (Å²) in [6, 6.07) is 3.95. The molecule has 3 aromatic rings. The smallest absolute Gasteiger partial charge is 0.225 e. The first-order valence-electron chi connectivity index (χ1n) is 8.43. The maximum Gasteiger partial charge on any atom is 0.225 e. The zero-order valence-corrected chi connectivity index (χ0v) is 14.7. The molecule has 0 aromatic carbocycles. The molecule has 1 aliphatic rings. The van der Waals surface area contributed by atoms with E-state index in [0.717, 1.165) is 24.5 Å². The van der Waals surface area contributed by atoms with E-state index in [9.17, 15) is 0 Å². The van der Waals surface area contributed by atoms with E-state index >= 15 is 0 Å². The fourth-order valence-corrected chi connectivity index (χ4v) is 3.18. The lowest BCUT2D eigenvalue weighted by Gasteiger charge is -2.35. The lowest BCUT2D eigenvalue weighted by Crippen LogP contribution is -2.35. The molecule has 3 aromatic heterocycles. The number of rotatable bonds is 6. The van der Waals surface area contributed by atoms with Crippen molar-refractivity contribution in [1.82, 2.24) is 34.5 Å². The van der Waals surface area contributed by atoms with Crippen molar-refractivity contribution in [1.29, 1.82) is 0 Å². The van der Waals surface area contributed by atoms with Crippen LogP contribution in [0.1, 0.15) is 30.4 Å². The fourth-order valence-electron chi connectivity index (χ4n) is 3.18. The SMILES string of the molecule is COc1cc(NC2CC(c3nnc(Cn4cccn4)n3C)C2)nc(N)n1. The van der Waals surface area contributed by atoms with E-state index in [0.29, 0.717) is 30.2 Å². The summed E-state index contributed by atoms with van der Waals surface area (Å²) in [5.74, 6) is 3.60. The molecule has 1 aliphatic carbocycles. The number of nitrogens with zero attached hydrogens (tertiary/aromatic N) is 7. The first-order valence-corrected chi connectivity index (χ1v) is 8.43. The van der Waals surface area contributed by atoms with Gasteiger partial charge in [0.2, 0.25) is 11.8 Å². The zero-order valence-electron chi connectivity index (χ0n) is 14.7. The summed E-state index contributed by atoms with van der Waals surface area (Å²) in [6.45, 7) is 0.616. The van der Waals surface area contributed by atoms with Crippen LogP contribution in [0, 0.1) is 0 Å². The number of nitrogens with one attached hydrogen (secondary N) is 1. The second-order valence-corrected chi connectivity index (χ2v) is 6.40. The molecule has 26 heavy (non-hydrogen) atoms. The van der Waals surface area contributed by atoms with Crippen molar-refractivity contribution in [2.24, 2.45) is 7.05 Å². The summed E-state index contributed by atoms with van der Waals surface area (Å²) in [6.07, 6.45) is 5.59. The molecule has 0 unspecified atom stereocenters. The summed E-state index contributed by atoms with van der Waals surface area (Å²) < 4.78 is 9.02. The lowest BCUT2D eigenvalue weighted by atomic mass is 9.79. The van der Waals surface area contributed by atoms with Crippen molar-refractivity contribution in [3.63, 3.8) is 0 Å². The van der Waals surface area contributed by atoms with E-state index in [1.165, 1.54) is 0 Å². The third kappa shape index (κ3) is 3.17. The van der Waals surface area contributed by atoms with Gasteiger partial charge in [-0.25, -0.2) is 0 Å². The minimum absolute atomic E-state index is 0.194. The van der Waals surface area contributed by atoms with Crippen LogP contribution in [0.3, 0.4) is 0 Å². The first-order chi connectivity index (χ1) is 12.6. The van der Waals surface area contributed by atoms with E-state index < -0.39 is 0 Å². The van der Waals surface area contributed by atoms with Gasteiger partial charge in [0.15, 0.2) is 5.82 Å². The molecule has 10 heteroatoms. The Kier molecular flexibility index (Phi) is 4.15. The molecule has 3 N–H and O–H groups in total. The molecule has 10 nitrogen and oxygen atoms in total. The Labute approximate surface area is 150 Å². The standard InChI is InChI=1S/C16H21N9O/c1-24-13(9-25-5-3-4-18-25)22-23-15(24)10-6-11(7-10)19-12-8-14(26-2)21-16(17)20-12/h3-5,8,10-11H,6-7,9H2,1-2H3,(H3,17,19,20,21). The molecule has 3 heterocycles. The van der Waals surface area contributed by atoms with Crippen molar-refractivity contribution in [3.05, 3.63) is 36.2 Å². The Bertz CT molecular complexity index is 883. The van der Waals surface area contributed by atoms with Crippen LogP contribution in [0.5, 0.6) is 5.88 Å². The van der Waals surface area contributed by atoms with Gasteiger partial charge in [0, 0.05) is 37.5 Å². The Hall–Kier alpha value is -3.17. The van der Waals surface area contributed by atoms with Gasteiger partial charge in [-0.2, -0.15) is 15.1 Å². The molecule has 0 atom stereocenters. The van der Waals surface area contributed by atoms with E-state index in [4.69, 9.17) is 10.5 Å². The van der Waals surface area contributed by atoms with Crippen LogP contribution in [-0.4, -0.2) is 47.7 Å². The van der Waals surface area contributed by atoms with Gasteiger partial charge in [0.25, 0.3) is 0 Å². The van der Waals surface area contributed by atoms with Crippen molar-refractivity contribution < 1.29 is 4.74 Å². The number of hydrogen-bond acceptors (Lipinski definition) is 8. The van der Waals surface area contributed by atoms with Crippen molar-refractivity contribution in [3.8, 4) is 5.88 Å². The molecule has 4 rings (SSSR count). The molecular weight excluding hydrogens is 334 g/mol. The zero-order chi connectivity index (χ0) is 18.1. The van der Waals surface area contributed by atoms with Crippen LogP contribution in [0.4, 0.5) is 11.8 Å². The number of nitrogens with two attached hydrogens (primary N) is 1. The molecule has 1 fully saturated rings. The number of aromatic nitrogens is 7. The first kappa shape index (κ1) is 16.3. The number of hydrogen-bond donors (Lipinski definition) is 2. The monoisotopic (exact) mass is 355 g/mol. The highest BCUT2D eigenvalue weighted by molar-refractivity contribution is 5.44. The summed E-state index contributed by atoms with van der Waals surface area (Å²) in [5, 5.41) is 16.3. The summed E-state index contributed by atoms with van der Waals surface area (Å²) >= 11 is 0. The number of nitrogen functional groups attached to an aromatic ring is 1. The third-order valence-electron chi connectivity index (χ3n) is 4.65. The predicted molar refractivity (Wildman–Crippen MR) is 94.7 cm³/mol. The average molecular weight is 355 g/mol. The van der Waals surface area contributed by atoms with Gasteiger partial charge in [-0.05, 0) is 18.9 Å². The highest BCUT2D eigenvalue weighted by atomic mass is 16.5. The molecule has 0 amide bonds. The normalized spacial score (nSPS) is 19.2.